The fourth-order valence-corrected chi connectivity index (χ4v) is 1.49. The summed E-state index contributed by atoms with van der Waals surface area (Å²) in [5.74, 6) is 0. The largest absolute Gasteiger partial charge is 0.376 e. The fraction of sp³-hybridized carbons (Fsp3) is 1.00. The second-order valence-corrected chi connectivity index (χ2v) is 4.70. The zero-order valence-electron chi connectivity index (χ0n) is 11.6. The molecular weight excluding hydrogens is 202 g/mol. The first kappa shape index (κ1) is 15.9. The Labute approximate surface area is 101 Å². The second kappa shape index (κ2) is 10.1. The van der Waals surface area contributed by atoms with Crippen LogP contribution in [0.5, 0.6) is 0 Å². The van der Waals surface area contributed by atoms with Crippen molar-refractivity contribution < 1.29 is 9.47 Å². The van der Waals surface area contributed by atoms with Crippen LogP contribution < -0.4 is 5.32 Å². The van der Waals surface area contributed by atoms with Crippen LogP contribution in [0.2, 0.25) is 0 Å². The van der Waals surface area contributed by atoms with E-state index < -0.39 is 0 Å². The Morgan fingerprint density at radius 3 is 2.19 bits per heavy atom. The van der Waals surface area contributed by atoms with Crippen molar-refractivity contribution in [1.82, 2.24) is 5.32 Å². The average molecular weight is 231 g/mol. The van der Waals surface area contributed by atoms with E-state index >= 15 is 0 Å². The lowest BCUT2D eigenvalue weighted by Gasteiger charge is -2.18. The quantitative estimate of drug-likeness (QED) is 0.586. The number of nitrogens with one attached hydrogen (secondary N) is 1. The first-order chi connectivity index (χ1) is 7.56. The summed E-state index contributed by atoms with van der Waals surface area (Å²) in [6.07, 6.45) is 3.01. The molecule has 0 aliphatic heterocycles. The minimum Gasteiger partial charge on any atom is -0.376 e. The molecule has 0 aliphatic carbocycles. The van der Waals surface area contributed by atoms with Gasteiger partial charge in [0.2, 0.25) is 0 Å². The molecule has 0 rings (SSSR count). The van der Waals surface area contributed by atoms with Crippen LogP contribution in [0.25, 0.3) is 0 Å². The Morgan fingerprint density at radius 2 is 1.62 bits per heavy atom. The molecule has 0 spiro atoms. The summed E-state index contributed by atoms with van der Waals surface area (Å²) in [5.41, 5.74) is 0. The van der Waals surface area contributed by atoms with E-state index in [1.54, 1.807) is 0 Å². The van der Waals surface area contributed by atoms with Crippen LogP contribution in [0.1, 0.15) is 47.5 Å². The van der Waals surface area contributed by atoms with Crippen LogP contribution in [0.15, 0.2) is 0 Å². The van der Waals surface area contributed by atoms with Crippen molar-refractivity contribution >= 4 is 0 Å². The van der Waals surface area contributed by atoms with Crippen LogP contribution in [0, 0.1) is 0 Å². The van der Waals surface area contributed by atoms with Gasteiger partial charge in [0, 0.05) is 12.6 Å². The predicted molar refractivity (Wildman–Crippen MR) is 68.9 cm³/mol. The first-order valence-electron chi connectivity index (χ1n) is 6.52. The molecule has 0 aromatic heterocycles. The van der Waals surface area contributed by atoms with E-state index in [9.17, 15) is 0 Å². The highest BCUT2D eigenvalue weighted by Gasteiger charge is 2.05. The van der Waals surface area contributed by atoms with Gasteiger partial charge in [0.1, 0.15) is 0 Å². The van der Waals surface area contributed by atoms with Gasteiger partial charge in [-0.1, -0.05) is 13.3 Å². The zero-order chi connectivity index (χ0) is 12.4. The maximum Gasteiger partial charge on any atom is 0.0704 e. The Morgan fingerprint density at radius 1 is 1.00 bits per heavy atom. The smallest absolute Gasteiger partial charge is 0.0704 e. The molecule has 0 aromatic carbocycles. The lowest BCUT2D eigenvalue weighted by Crippen LogP contribution is -2.34. The van der Waals surface area contributed by atoms with Gasteiger partial charge in [-0.3, -0.25) is 0 Å². The minimum atomic E-state index is 0.259. The van der Waals surface area contributed by atoms with Crippen LogP contribution in [0.3, 0.4) is 0 Å². The molecule has 2 atom stereocenters. The molecule has 1 N–H and O–H groups in total. The van der Waals surface area contributed by atoms with Crippen molar-refractivity contribution in [3.63, 3.8) is 0 Å². The second-order valence-electron chi connectivity index (χ2n) is 4.70. The van der Waals surface area contributed by atoms with Gasteiger partial charge in [-0.05, 0) is 34.1 Å². The molecule has 0 aromatic rings. The summed E-state index contributed by atoms with van der Waals surface area (Å²) in [7, 11) is 0. The van der Waals surface area contributed by atoms with Crippen molar-refractivity contribution in [2.24, 2.45) is 0 Å². The minimum absolute atomic E-state index is 0.259. The molecule has 0 aliphatic rings. The van der Waals surface area contributed by atoms with Gasteiger partial charge in [0.15, 0.2) is 0 Å². The maximum atomic E-state index is 5.63. The Bertz CT molecular complexity index is 151. The lowest BCUT2D eigenvalue weighted by atomic mass is 10.2. The molecule has 2 unspecified atom stereocenters. The number of hydrogen-bond donors (Lipinski definition) is 1. The lowest BCUT2D eigenvalue weighted by molar-refractivity contribution is -0.00669. The van der Waals surface area contributed by atoms with Crippen molar-refractivity contribution in [3.05, 3.63) is 0 Å². The van der Waals surface area contributed by atoms with Crippen molar-refractivity contribution in [3.8, 4) is 0 Å². The molecule has 98 valence electrons. The molecular formula is C13H29NO2. The van der Waals surface area contributed by atoms with Gasteiger partial charge in [0.05, 0.1) is 25.4 Å². The summed E-state index contributed by atoms with van der Waals surface area (Å²) < 4.78 is 11.0. The van der Waals surface area contributed by atoms with Gasteiger partial charge in [-0.25, -0.2) is 0 Å². The van der Waals surface area contributed by atoms with Crippen LogP contribution >= 0.6 is 0 Å². The topological polar surface area (TPSA) is 30.5 Å². The van der Waals surface area contributed by atoms with Crippen LogP contribution in [0.4, 0.5) is 0 Å². The molecule has 0 radical (unpaired) electrons. The van der Waals surface area contributed by atoms with E-state index in [0.29, 0.717) is 25.4 Å². The average Bonchev–Trinajstić information content (AvgIpc) is 2.22. The summed E-state index contributed by atoms with van der Waals surface area (Å²) in [5, 5.41) is 3.47. The highest BCUT2D eigenvalue weighted by Crippen LogP contribution is 1.97. The molecule has 0 amide bonds. The van der Waals surface area contributed by atoms with Crippen molar-refractivity contribution in [1.29, 1.82) is 0 Å². The molecule has 0 bridgehead atoms. The fourth-order valence-electron chi connectivity index (χ4n) is 1.49. The molecule has 3 heteroatoms. The third-order valence-corrected chi connectivity index (χ3v) is 2.41. The first-order valence-corrected chi connectivity index (χ1v) is 6.52. The third kappa shape index (κ3) is 10.4. The van der Waals surface area contributed by atoms with E-state index in [4.69, 9.17) is 9.47 Å². The summed E-state index contributed by atoms with van der Waals surface area (Å²) in [4.78, 5) is 0. The van der Waals surface area contributed by atoms with E-state index in [-0.39, 0.29) is 6.10 Å². The molecule has 0 saturated heterocycles. The molecule has 0 saturated carbocycles. The summed E-state index contributed by atoms with van der Waals surface area (Å²) in [6.45, 7) is 12.9. The predicted octanol–water partition coefficient (Wildman–Crippen LogP) is 2.59. The monoisotopic (exact) mass is 231 g/mol. The van der Waals surface area contributed by atoms with Gasteiger partial charge in [-0.15, -0.1) is 0 Å². The van der Waals surface area contributed by atoms with Crippen LogP contribution in [-0.4, -0.2) is 38.0 Å². The van der Waals surface area contributed by atoms with Crippen molar-refractivity contribution in [2.75, 3.05) is 19.8 Å². The zero-order valence-corrected chi connectivity index (χ0v) is 11.6. The highest BCUT2D eigenvalue weighted by molar-refractivity contribution is 4.62. The van der Waals surface area contributed by atoms with Gasteiger partial charge < -0.3 is 14.8 Å². The molecule has 16 heavy (non-hydrogen) atoms. The SMILES string of the molecule is CCCC(C)NCC(C)OCCOC(C)C. The van der Waals surface area contributed by atoms with Crippen molar-refractivity contribution in [2.45, 2.75) is 65.7 Å². The Hall–Kier alpha value is -0.120. The molecule has 3 nitrogen and oxygen atoms in total. The summed E-state index contributed by atoms with van der Waals surface area (Å²) >= 11 is 0. The third-order valence-electron chi connectivity index (χ3n) is 2.41. The maximum absolute atomic E-state index is 5.63. The van der Waals surface area contributed by atoms with Gasteiger partial charge >= 0.3 is 0 Å². The number of ether oxygens (including phenoxy) is 2. The highest BCUT2D eigenvalue weighted by atomic mass is 16.5. The van der Waals surface area contributed by atoms with Gasteiger partial charge in [-0.2, -0.15) is 0 Å². The summed E-state index contributed by atoms with van der Waals surface area (Å²) in [6, 6.07) is 0.586. The molecule has 0 fully saturated rings. The normalized spacial score (nSPS) is 15.4. The van der Waals surface area contributed by atoms with Gasteiger partial charge in [0.25, 0.3) is 0 Å². The van der Waals surface area contributed by atoms with E-state index in [1.165, 1.54) is 12.8 Å². The Balaban J connectivity index is 3.33. The van der Waals surface area contributed by atoms with Crippen LogP contribution in [-0.2, 0) is 9.47 Å². The Kier molecular flexibility index (Phi) is 9.99. The number of rotatable bonds is 10. The van der Waals surface area contributed by atoms with E-state index in [1.807, 2.05) is 13.8 Å². The number of hydrogen-bond acceptors (Lipinski definition) is 3. The standard InChI is InChI=1S/C13H29NO2/c1-6-7-12(4)14-10-13(5)16-9-8-15-11(2)3/h11-14H,6-10H2,1-5H3. The van der Waals surface area contributed by atoms with E-state index in [0.717, 1.165) is 6.54 Å². The van der Waals surface area contributed by atoms with E-state index in [2.05, 4.69) is 26.1 Å². The molecule has 0 heterocycles.